The minimum absolute atomic E-state index is 0.321. The summed E-state index contributed by atoms with van der Waals surface area (Å²) in [5, 5.41) is 6.82. The molecule has 0 atom stereocenters. The lowest BCUT2D eigenvalue weighted by Crippen LogP contribution is -2.57. The van der Waals surface area contributed by atoms with Crippen molar-refractivity contribution in [3.8, 4) is 0 Å². The van der Waals surface area contributed by atoms with Gasteiger partial charge in [-0.25, -0.2) is 0 Å². The summed E-state index contributed by atoms with van der Waals surface area (Å²) in [6.45, 7) is 11.6. The molecule has 8 rings (SSSR count). The van der Waals surface area contributed by atoms with Crippen molar-refractivity contribution in [3.05, 3.63) is 94.0 Å². The van der Waals surface area contributed by atoms with Crippen molar-refractivity contribution in [3.63, 3.8) is 0 Å². The van der Waals surface area contributed by atoms with Gasteiger partial charge in [0.1, 0.15) is 0 Å². The molecule has 0 radical (unpaired) electrons. The number of carbonyl (C=O) groups is 4. The van der Waals surface area contributed by atoms with Gasteiger partial charge < -0.3 is 9.80 Å². The van der Waals surface area contributed by atoms with Crippen LogP contribution >= 0.6 is 0 Å². The van der Waals surface area contributed by atoms with Gasteiger partial charge in [-0.15, -0.1) is 0 Å². The van der Waals surface area contributed by atoms with Crippen molar-refractivity contribution >= 4 is 57.2 Å². The number of likely N-dealkylation sites (N-methyl/N-ethyl adjacent to an activating group) is 2. The SMILES string of the molecule is CCN1CCN(N2C(=O)c3cc(C)c4c5c(cc(C)c(c35)C2=O)C(=O)N(N2CCN(CC)c3ccccc32)C4=O)c2ccccc21. The van der Waals surface area contributed by atoms with Gasteiger partial charge in [-0.3, -0.25) is 29.2 Å². The number of anilines is 4. The first-order chi connectivity index (χ1) is 22.3. The lowest BCUT2D eigenvalue weighted by Gasteiger charge is -2.45. The second-order valence-corrected chi connectivity index (χ2v) is 12.2. The van der Waals surface area contributed by atoms with Gasteiger partial charge in [0.25, 0.3) is 23.6 Å². The highest BCUT2D eigenvalue weighted by molar-refractivity contribution is 6.34. The first-order valence-corrected chi connectivity index (χ1v) is 15.9. The fourth-order valence-electron chi connectivity index (χ4n) is 7.74. The van der Waals surface area contributed by atoms with Crippen LogP contribution in [0.4, 0.5) is 22.7 Å². The van der Waals surface area contributed by atoms with E-state index in [0.29, 0.717) is 70.3 Å². The van der Waals surface area contributed by atoms with Gasteiger partial charge in [-0.1, -0.05) is 24.3 Å². The predicted molar refractivity (Wildman–Crippen MR) is 178 cm³/mol. The molecule has 4 heterocycles. The zero-order valence-electron chi connectivity index (χ0n) is 26.3. The number of hydrogen-bond acceptors (Lipinski definition) is 8. The Bertz CT molecular complexity index is 1890. The third-order valence-electron chi connectivity index (χ3n) is 9.87. The number of hydrogen-bond donors (Lipinski definition) is 0. The number of imide groups is 2. The van der Waals surface area contributed by atoms with Gasteiger partial charge in [0, 0.05) is 37.0 Å². The van der Waals surface area contributed by atoms with Crippen LogP contribution in [0.25, 0.3) is 10.8 Å². The van der Waals surface area contributed by atoms with E-state index < -0.39 is 23.6 Å². The normalized spacial score (nSPS) is 17.3. The number of para-hydroxylation sites is 4. The molecule has 10 heteroatoms. The second kappa shape index (κ2) is 10.1. The van der Waals surface area contributed by atoms with Gasteiger partial charge in [-0.05, 0) is 75.2 Å². The van der Waals surface area contributed by atoms with Gasteiger partial charge in [0.2, 0.25) is 0 Å². The van der Waals surface area contributed by atoms with Crippen LogP contribution in [0.15, 0.2) is 60.7 Å². The quantitative estimate of drug-likeness (QED) is 0.291. The van der Waals surface area contributed by atoms with Crippen LogP contribution in [0.3, 0.4) is 0 Å². The maximum absolute atomic E-state index is 14.4. The first kappa shape index (κ1) is 28.1. The van der Waals surface area contributed by atoms with Crippen LogP contribution < -0.4 is 19.8 Å². The number of carbonyl (C=O) groups excluding carboxylic acids is 4. The van der Waals surface area contributed by atoms with E-state index in [1.807, 2.05) is 48.5 Å². The van der Waals surface area contributed by atoms with E-state index >= 15 is 0 Å². The summed E-state index contributed by atoms with van der Waals surface area (Å²) >= 11 is 0. The van der Waals surface area contributed by atoms with Crippen molar-refractivity contribution < 1.29 is 19.2 Å². The molecule has 4 aliphatic heterocycles. The van der Waals surface area contributed by atoms with Crippen molar-refractivity contribution in [1.82, 2.24) is 10.0 Å². The zero-order valence-corrected chi connectivity index (χ0v) is 26.3. The molecular weight excluding hydrogens is 580 g/mol. The van der Waals surface area contributed by atoms with E-state index in [9.17, 15) is 19.2 Å². The summed E-state index contributed by atoms with van der Waals surface area (Å²) in [6.07, 6.45) is 0. The van der Waals surface area contributed by atoms with Gasteiger partial charge in [0.15, 0.2) is 0 Å². The smallest absolute Gasteiger partial charge is 0.280 e. The molecule has 10 nitrogen and oxygen atoms in total. The largest absolute Gasteiger partial charge is 0.368 e. The van der Waals surface area contributed by atoms with E-state index in [2.05, 4.69) is 23.6 Å². The van der Waals surface area contributed by atoms with Crippen LogP contribution in [0.5, 0.6) is 0 Å². The minimum atomic E-state index is -0.463. The van der Waals surface area contributed by atoms with Crippen molar-refractivity contribution in [2.75, 3.05) is 59.1 Å². The first-order valence-electron chi connectivity index (χ1n) is 15.9. The Labute approximate surface area is 266 Å². The summed E-state index contributed by atoms with van der Waals surface area (Å²) in [4.78, 5) is 62.1. The molecule has 0 saturated heterocycles. The lowest BCUT2D eigenvalue weighted by molar-refractivity contribution is 0.0566. The third-order valence-corrected chi connectivity index (χ3v) is 9.87. The number of hydrazine groups is 2. The van der Waals surface area contributed by atoms with Crippen molar-refractivity contribution in [2.45, 2.75) is 27.7 Å². The van der Waals surface area contributed by atoms with E-state index in [1.165, 1.54) is 10.0 Å². The number of amides is 4. The molecule has 4 aromatic rings. The number of aryl methyl sites for hydroxylation is 2. The molecule has 4 aromatic carbocycles. The molecule has 4 amide bonds. The number of rotatable bonds is 4. The molecule has 0 spiro atoms. The number of benzene rings is 4. The predicted octanol–water partition coefficient (Wildman–Crippen LogP) is 5.17. The van der Waals surface area contributed by atoms with Crippen LogP contribution in [-0.2, 0) is 0 Å². The minimum Gasteiger partial charge on any atom is -0.368 e. The molecule has 0 bridgehead atoms. The highest BCUT2D eigenvalue weighted by atomic mass is 16.2. The molecule has 0 N–H and O–H groups in total. The molecular formula is C36H34N6O4. The Hall–Kier alpha value is -5.38. The summed E-state index contributed by atoms with van der Waals surface area (Å²) < 4.78 is 0. The summed E-state index contributed by atoms with van der Waals surface area (Å²) in [5.41, 5.74) is 5.99. The Morgan fingerprint density at radius 1 is 0.522 bits per heavy atom. The lowest BCUT2D eigenvalue weighted by atomic mass is 9.82. The van der Waals surface area contributed by atoms with E-state index in [-0.39, 0.29) is 0 Å². The van der Waals surface area contributed by atoms with E-state index in [4.69, 9.17) is 0 Å². The van der Waals surface area contributed by atoms with Crippen LogP contribution in [0.1, 0.15) is 66.4 Å². The summed E-state index contributed by atoms with van der Waals surface area (Å²) in [6, 6.07) is 19.0. The average Bonchev–Trinajstić information content (AvgIpc) is 3.06. The highest BCUT2D eigenvalue weighted by Gasteiger charge is 2.46. The van der Waals surface area contributed by atoms with Crippen LogP contribution in [0, 0.1) is 13.8 Å². The van der Waals surface area contributed by atoms with E-state index in [0.717, 1.165) is 35.8 Å². The Balaban J connectivity index is 1.28. The molecule has 0 saturated carbocycles. The Kier molecular flexibility index (Phi) is 6.15. The summed E-state index contributed by atoms with van der Waals surface area (Å²) in [7, 11) is 0. The summed E-state index contributed by atoms with van der Waals surface area (Å²) in [5.74, 6) is -1.84. The molecule has 0 aliphatic carbocycles. The molecule has 46 heavy (non-hydrogen) atoms. The number of fused-ring (bicyclic) bond motifs is 2. The third kappa shape index (κ3) is 3.64. The standard InChI is InChI=1S/C36H34N6O4/c1-5-37-15-17-39(27-13-9-7-11-25(27)37)41-33(43)23-19-22(4)30-32-24(20-21(3)29(31(23)32)35(41)45)34(44)42(36(30)46)40-18-16-38(6-2)26-12-8-10-14-28(26)40/h7-14,19-20H,5-6,15-18H2,1-4H3. The fraction of sp³-hybridized carbons (Fsp3) is 0.278. The van der Waals surface area contributed by atoms with Gasteiger partial charge in [0.05, 0.1) is 58.1 Å². The zero-order chi connectivity index (χ0) is 32.0. The van der Waals surface area contributed by atoms with Gasteiger partial charge in [-0.2, -0.15) is 10.0 Å². The van der Waals surface area contributed by atoms with E-state index in [1.54, 1.807) is 36.0 Å². The highest BCUT2D eigenvalue weighted by Crippen LogP contribution is 2.44. The maximum Gasteiger partial charge on any atom is 0.280 e. The number of nitrogens with zero attached hydrogens (tertiary/aromatic N) is 6. The topological polar surface area (TPSA) is 87.7 Å². The molecule has 0 unspecified atom stereocenters. The van der Waals surface area contributed by atoms with Crippen LogP contribution in [-0.4, -0.2) is 72.9 Å². The average molecular weight is 615 g/mol. The molecule has 0 fully saturated rings. The molecule has 232 valence electrons. The van der Waals surface area contributed by atoms with Crippen molar-refractivity contribution in [1.29, 1.82) is 0 Å². The second-order valence-electron chi connectivity index (χ2n) is 12.2. The Morgan fingerprint density at radius 2 is 0.891 bits per heavy atom. The van der Waals surface area contributed by atoms with Crippen molar-refractivity contribution in [2.24, 2.45) is 0 Å². The monoisotopic (exact) mass is 614 g/mol. The fourth-order valence-corrected chi connectivity index (χ4v) is 7.74. The molecule has 4 aliphatic rings. The van der Waals surface area contributed by atoms with Gasteiger partial charge >= 0.3 is 0 Å². The van der Waals surface area contributed by atoms with Crippen LogP contribution in [0.2, 0.25) is 0 Å². The maximum atomic E-state index is 14.4. The molecule has 0 aromatic heterocycles. The Morgan fingerprint density at radius 3 is 1.26 bits per heavy atom.